The molecule has 1 saturated heterocycles. The largest absolute Gasteiger partial charge is 0.353 e. The molecule has 1 N–H and O–H groups in total. The topological polar surface area (TPSA) is 41.1 Å². The van der Waals surface area contributed by atoms with Gasteiger partial charge in [-0.25, -0.2) is 9.97 Å². The molecule has 4 heteroatoms. The Bertz CT molecular complexity index is 349. The predicted octanol–water partition coefficient (Wildman–Crippen LogP) is 2.33. The number of nitrogens with zero attached hydrogens (tertiary/aromatic N) is 3. The van der Waals surface area contributed by atoms with Crippen LogP contribution in [0.15, 0.2) is 12.4 Å². The van der Waals surface area contributed by atoms with E-state index in [1.165, 1.54) is 31.4 Å². The van der Waals surface area contributed by atoms with E-state index in [9.17, 15) is 0 Å². The summed E-state index contributed by atoms with van der Waals surface area (Å²) >= 11 is 0. The van der Waals surface area contributed by atoms with Crippen LogP contribution in [-0.2, 0) is 6.42 Å². The van der Waals surface area contributed by atoms with Crippen LogP contribution in [0.25, 0.3) is 0 Å². The third-order valence-electron chi connectivity index (χ3n) is 3.74. The van der Waals surface area contributed by atoms with Crippen LogP contribution in [0.2, 0.25) is 0 Å². The Kier molecular flexibility index (Phi) is 4.93. The maximum absolute atomic E-state index is 4.31. The van der Waals surface area contributed by atoms with E-state index in [0.717, 1.165) is 31.5 Å². The van der Waals surface area contributed by atoms with Crippen molar-refractivity contribution in [3.8, 4) is 0 Å². The van der Waals surface area contributed by atoms with Gasteiger partial charge in [0.15, 0.2) is 0 Å². The second-order valence-electron chi connectivity index (χ2n) is 5.08. The minimum Gasteiger partial charge on any atom is -0.353 e. The van der Waals surface area contributed by atoms with Crippen LogP contribution in [0.1, 0.15) is 38.7 Å². The zero-order valence-electron chi connectivity index (χ0n) is 11.5. The number of nitrogens with one attached hydrogen (secondary N) is 1. The van der Waals surface area contributed by atoms with Gasteiger partial charge in [0.2, 0.25) is 5.95 Å². The molecule has 0 amide bonds. The summed E-state index contributed by atoms with van der Waals surface area (Å²) in [6.45, 7) is 7.68. The Morgan fingerprint density at radius 2 is 2.11 bits per heavy atom. The van der Waals surface area contributed by atoms with Gasteiger partial charge >= 0.3 is 0 Å². The minimum absolute atomic E-state index is 0.726. The van der Waals surface area contributed by atoms with E-state index in [2.05, 4.69) is 34.0 Å². The number of piperidine rings is 1. The minimum atomic E-state index is 0.726. The van der Waals surface area contributed by atoms with Gasteiger partial charge in [-0.1, -0.05) is 13.3 Å². The van der Waals surface area contributed by atoms with Crippen molar-refractivity contribution in [3.63, 3.8) is 0 Å². The molecule has 18 heavy (non-hydrogen) atoms. The number of hydrogen-bond acceptors (Lipinski definition) is 4. The van der Waals surface area contributed by atoms with E-state index in [0.29, 0.717) is 0 Å². The van der Waals surface area contributed by atoms with Crippen LogP contribution in [0.5, 0.6) is 0 Å². The summed E-state index contributed by atoms with van der Waals surface area (Å²) in [6.07, 6.45) is 8.85. The first kappa shape index (κ1) is 13.3. The number of aryl methyl sites for hydroxylation is 1. The molecule has 2 rings (SSSR count). The van der Waals surface area contributed by atoms with E-state index in [-0.39, 0.29) is 0 Å². The number of likely N-dealkylation sites (tertiary alicyclic amines) is 1. The first-order chi connectivity index (χ1) is 8.79. The summed E-state index contributed by atoms with van der Waals surface area (Å²) in [5, 5.41) is 3.30. The fourth-order valence-electron chi connectivity index (χ4n) is 2.43. The summed E-state index contributed by atoms with van der Waals surface area (Å²) in [6, 6.07) is 0.726. The van der Waals surface area contributed by atoms with Gasteiger partial charge < -0.3 is 5.32 Å². The third-order valence-corrected chi connectivity index (χ3v) is 3.74. The third kappa shape index (κ3) is 3.67. The predicted molar refractivity (Wildman–Crippen MR) is 74.8 cm³/mol. The van der Waals surface area contributed by atoms with Crippen LogP contribution < -0.4 is 5.32 Å². The fraction of sp³-hybridized carbons (Fsp3) is 0.714. The maximum atomic E-state index is 4.31. The molecule has 2 heterocycles. The number of anilines is 1. The highest BCUT2D eigenvalue weighted by atomic mass is 15.2. The van der Waals surface area contributed by atoms with E-state index >= 15 is 0 Å². The number of aromatic nitrogens is 2. The van der Waals surface area contributed by atoms with E-state index in [1.54, 1.807) is 0 Å². The molecule has 1 atom stereocenters. The van der Waals surface area contributed by atoms with Crippen molar-refractivity contribution in [1.82, 2.24) is 14.9 Å². The molecule has 100 valence electrons. The van der Waals surface area contributed by atoms with E-state index in [4.69, 9.17) is 0 Å². The first-order valence-corrected chi connectivity index (χ1v) is 7.08. The molecule has 0 unspecified atom stereocenters. The summed E-state index contributed by atoms with van der Waals surface area (Å²) < 4.78 is 0. The standard InChI is InChI=1S/C14H24N4/c1-3-13-10-16-14(17-11-13)15-7-9-18-8-5-4-6-12(18)2/h10-12H,3-9H2,1-2H3,(H,15,16,17)/t12-/m0/s1. The van der Waals surface area contributed by atoms with Crippen LogP contribution in [0.4, 0.5) is 5.95 Å². The second-order valence-corrected chi connectivity index (χ2v) is 5.08. The van der Waals surface area contributed by atoms with Crippen LogP contribution in [-0.4, -0.2) is 40.5 Å². The molecule has 1 aliphatic heterocycles. The van der Waals surface area contributed by atoms with Crippen molar-refractivity contribution in [1.29, 1.82) is 0 Å². The van der Waals surface area contributed by atoms with Gasteiger partial charge in [-0.3, -0.25) is 4.90 Å². The van der Waals surface area contributed by atoms with Gasteiger partial charge in [-0.05, 0) is 38.3 Å². The summed E-state index contributed by atoms with van der Waals surface area (Å²) in [5.74, 6) is 0.747. The van der Waals surface area contributed by atoms with Crippen molar-refractivity contribution < 1.29 is 0 Å². The number of hydrogen-bond donors (Lipinski definition) is 1. The lowest BCUT2D eigenvalue weighted by Gasteiger charge is -2.33. The van der Waals surface area contributed by atoms with Crippen molar-refractivity contribution >= 4 is 5.95 Å². The normalized spacial score (nSPS) is 20.9. The van der Waals surface area contributed by atoms with Gasteiger partial charge in [0.05, 0.1) is 0 Å². The highest BCUT2D eigenvalue weighted by molar-refractivity contribution is 5.24. The molecule has 0 aliphatic carbocycles. The lowest BCUT2D eigenvalue weighted by Crippen LogP contribution is -2.40. The van der Waals surface area contributed by atoms with E-state index in [1.807, 2.05) is 12.4 Å². The molecular formula is C14H24N4. The molecule has 0 saturated carbocycles. The molecule has 1 aromatic rings. The molecule has 1 aliphatic rings. The molecular weight excluding hydrogens is 224 g/mol. The molecule has 1 aromatic heterocycles. The number of rotatable bonds is 5. The molecule has 0 radical (unpaired) electrons. The Morgan fingerprint density at radius 1 is 1.33 bits per heavy atom. The van der Waals surface area contributed by atoms with Crippen LogP contribution in [0, 0.1) is 0 Å². The van der Waals surface area contributed by atoms with Gasteiger partial charge in [0.1, 0.15) is 0 Å². The lowest BCUT2D eigenvalue weighted by molar-refractivity contribution is 0.167. The van der Waals surface area contributed by atoms with Crippen molar-refractivity contribution in [2.24, 2.45) is 0 Å². The Morgan fingerprint density at radius 3 is 2.78 bits per heavy atom. The molecule has 1 fully saturated rings. The maximum Gasteiger partial charge on any atom is 0.222 e. The Balaban J connectivity index is 1.73. The highest BCUT2D eigenvalue weighted by Gasteiger charge is 2.17. The van der Waals surface area contributed by atoms with Gasteiger partial charge in [-0.2, -0.15) is 0 Å². The quantitative estimate of drug-likeness (QED) is 0.868. The summed E-state index contributed by atoms with van der Waals surface area (Å²) in [5.41, 5.74) is 1.19. The lowest BCUT2D eigenvalue weighted by atomic mass is 10.0. The zero-order chi connectivity index (χ0) is 12.8. The Hall–Kier alpha value is -1.16. The smallest absolute Gasteiger partial charge is 0.222 e. The van der Waals surface area contributed by atoms with Crippen molar-refractivity contribution in [2.45, 2.75) is 45.6 Å². The second kappa shape index (κ2) is 6.69. The first-order valence-electron chi connectivity index (χ1n) is 7.08. The van der Waals surface area contributed by atoms with Crippen LogP contribution >= 0.6 is 0 Å². The van der Waals surface area contributed by atoms with E-state index < -0.39 is 0 Å². The SMILES string of the molecule is CCc1cnc(NCCN2CCCC[C@@H]2C)nc1. The van der Waals surface area contributed by atoms with Gasteiger partial charge in [0, 0.05) is 31.5 Å². The van der Waals surface area contributed by atoms with Crippen molar-refractivity contribution in [2.75, 3.05) is 25.0 Å². The molecule has 0 aromatic carbocycles. The van der Waals surface area contributed by atoms with Gasteiger partial charge in [0.25, 0.3) is 0 Å². The van der Waals surface area contributed by atoms with Gasteiger partial charge in [-0.15, -0.1) is 0 Å². The fourth-order valence-corrected chi connectivity index (χ4v) is 2.43. The average molecular weight is 248 g/mol. The molecule has 0 bridgehead atoms. The Labute approximate surface area is 110 Å². The van der Waals surface area contributed by atoms with Crippen LogP contribution in [0.3, 0.4) is 0 Å². The molecule has 0 spiro atoms. The zero-order valence-corrected chi connectivity index (χ0v) is 11.5. The van der Waals surface area contributed by atoms with Crippen molar-refractivity contribution in [3.05, 3.63) is 18.0 Å². The molecule has 4 nitrogen and oxygen atoms in total. The monoisotopic (exact) mass is 248 g/mol. The summed E-state index contributed by atoms with van der Waals surface area (Å²) in [7, 11) is 0. The highest BCUT2D eigenvalue weighted by Crippen LogP contribution is 2.15. The average Bonchev–Trinajstić information content (AvgIpc) is 2.42. The summed E-state index contributed by atoms with van der Waals surface area (Å²) in [4.78, 5) is 11.2.